The second-order valence-electron chi connectivity index (χ2n) is 6.18. The molecular formula is C14H29N3O. The molecule has 106 valence electrons. The fourth-order valence-electron chi connectivity index (χ4n) is 2.45. The van der Waals surface area contributed by atoms with E-state index in [9.17, 15) is 0 Å². The van der Waals surface area contributed by atoms with E-state index >= 15 is 0 Å². The van der Waals surface area contributed by atoms with E-state index in [4.69, 9.17) is 4.74 Å². The summed E-state index contributed by atoms with van der Waals surface area (Å²) in [4.78, 5) is 4.48. The fraction of sp³-hybridized carbons (Fsp3) is 0.929. The maximum Gasteiger partial charge on any atom is 0.191 e. The van der Waals surface area contributed by atoms with Crippen molar-refractivity contribution in [2.24, 2.45) is 10.4 Å². The van der Waals surface area contributed by atoms with Crippen LogP contribution in [0.2, 0.25) is 0 Å². The maximum absolute atomic E-state index is 5.64. The SMILES string of the molecule is CCN=C(NC(C)C)NC1CC(C)(OC)C1(C)C. The maximum atomic E-state index is 5.64. The van der Waals surface area contributed by atoms with E-state index in [0.717, 1.165) is 18.9 Å². The number of hydrogen-bond acceptors (Lipinski definition) is 2. The minimum Gasteiger partial charge on any atom is -0.378 e. The van der Waals surface area contributed by atoms with Gasteiger partial charge < -0.3 is 15.4 Å². The van der Waals surface area contributed by atoms with Crippen molar-refractivity contribution in [1.29, 1.82) is 0 Å². The summed E-state index contributed by atoms with van der Waals surface area (Å²) in [6, 6.07) is 0.791. The highest BCUT2D eigenvalue weighted by Crippen LogP contribution is 2.51. The first kappa shape index (κ1) is 15.3. The van der Waals surface area contributed by atoms with Crippen molar-refractivity contribution in [2.45, 2.75) is 65.6 Å². The molecule has 1 aliphatic carbocycles. The van der Waals surface area contributed by atoms with Gasteiger partial charge in [-0.3, -0.25) is 4.99 Å². The van der Waals surface area contributed by atoms with Crippen LogP contribution in [0.15, 0.2) is 4.99 Å². The highest BCUT2D eigenvalue weighted by atomic mass is 16.5. The molecular weight excluding hydrogens is 226 g/mol. The van der Waals surface area contributed by atoms with E-state index in [1.807, 2.05) is 0 Å². The molecule has 1 saturated carbocycles. The van der Waals surface area contributed by atoms with Crippen LogP contribution in [0.5, 0.6) is 0 Å². The van der Waals surface area contributed by atoms with Gasteiger partial charge in [0, 0.05) is 31.2 Å². The predicted octanol–water partition coefficient (Wildman–Crippen LogP) is 2.15. The first-order valence-corrected chi connectivity index (χ1v) is 6.89. The van der Waals surface area contributed by atoms with Crippen LogP contribution in [-0.2, 0) is 4.74 Å². The fourth-order valence-corrected chi connectivity index (χ4v) is 2.45. The summed E-state index contributed by atoms with van der Waals surface area (Å²) in [5.41, 5.74) is 0.0642. The minimum absolute atomic E-state index is 0.0418. The van der Waals surface area contributed by atoms with Crippen LogP contribution in [0.3, 0.4) is 0 Å². The minimum atomic E-state index is -0.0418. The van der Waals surface area contributed by atoms with Crippen LogP contribution in [0.4, 0.5) is 0 Å². The second-order valence-corrected chi connectivity index (χ2v) is 6.18. The van der Waals surface area contributed by atoms with Gasteiger partial charge in [0.1, 0.15) is 0 Å². The van der Waals surface area contributed by atoms with Crippen LogP contribution >= 0.6 is 0 Å². The number of hydrogen-bond donors (Lipinski definition) is 2. The lowest BCUT2D eigenvalue weighted by molar-refractivity contribution is -0.176. The van der Waals surface area contributed by atoms with Crippen LogP contribution in [0, 0.1) is 5.41 Å². The predicted molar refractivity (Wildman–Crippen MR) is 77.0 cm³/mol. The van der Waals surface area contributed by atoms with E-state index < -0.39 is 0 Å². The molecule has 4 heteroatoms. The van der Waals surface area contributed by atoms with Gasteiger partial charge >= 0.3 is 0 Å². The summed E-state index contributed by atoms with van der Waals surface area (Å²) in [6.07, 6.45) is 1.01. The quantitative estimate of drug-likeness (QED) is 0.598. The monoisotopic (exact) mass is 255 g/mol. The molecule has 1 rings (SSSR count). The van der Waals surface area contributed by atoms with E-state index in [2.05, 4.69) is 57.2 Å². The number of methoxy groups -OCH3 is 1. The molecule has 2 unspecified atom stereocenters. The Balaban J connectivity index is 2.66. The molecule has 18 heavy (non-hydrogen) atoms. The topological polar surface area (TPSA) is 45.7 Å². The number of nitrogens with one attached hydrogen (secondary N) is 2. The summed E-state index contributed by atoms with van der Waals surface area (Å²) in [6.45, 7) is 13.8. The Bertz CT molecular complexity index is 312. The van der Waals surface area contributed by atoms with Gasteiger partial charge in [-0.2, -0.15) is 0 Å². The van der Waals surface area contributed by atoms with Gasteiger partial charge in [-0.1, -0.05) is 13.8 Å². The zero-order valence-corrected chi connectivity index (χ0v) is 12.9. The molecule has 0 aliphatic heterocycles. The third-order valence-electron chi connectivity index (χ3n) is 4.33. The molecule has 0 amide bonds. The third kappa shape index (κ3) is 2.79. The van der Waals surface area contributed by atoms with Crippen LogP contribution in [0.25, 0.3) is 0 Å². The standard InChI is InChI=1S/C14H29N3O/c1-8-15-12(16-10(2)3)17-11-9-14(6,18-7)13(11,4)5/h10-11H,8-9H2,1-7H3,(H2,15,16,17). The van der Waals surface area contributed by atoms with Gasteiger partial charge in [0.15, 0.2) is 5.96 Å². The lowest BCUT2D eigenvalue weighted by Gasteiger charge is -2.59. The molecule has 2 atom stereocenters. The Morgan fingerprint density at radius 3 is 2.39 bits per heavy atom. The van der Waals surface area contributed by atoms with Crippen molar-refractivity contribution < 1.29 is 4.74 Å². The lowest BCUT2D eigenvalue weighted by atomic mass is 9.56. The first-order chi connectivity index (χ1) is 8.26. The van der Waals surface area contributed by atoms with Crippen molar-refractivity contribution in [2.75, 3.05) is 13.7 Å². The molecule has 2 N–H and O–H groups in total. The van der Waals surface area contributed by atoms with Gasteiger partial charge in [0.2, 0.25) is 0 Å². The second kappa shape index (κ2) is 5.47. The Kier molecular flexibility index (Phi) is 4.65. The summed E-state index contributed by atoms with van der Waals surface area (Å²) >= 11 is 0. The van der Waals surface area contributed by atoms with Crippen LogP contribution in [-0.4, -0.2) is 37.3 Å². The van der Waals surface area contributed by atoms with Crippen molar-refractivity contribution in [3.63, 3.8) is 0 Å². The molecule has 1 aliphatic rings. The Morgan fingerprint density at radius 1 is 1.39 bits per heavy atom. The first-order valence-electron chi connectivity index (χ1n) is 6.89. The zero-order chi connectivity index (χ0) is 14.0. The average molecular weight is 255 g/mol. The normalized spacial score (nSPS) is 31.1. The number of aliphatic imine (C=N–C) groups is 1. The molecule has 4 nitrogen and oxygen atoms in total. The molecule has 0 radical (unpaired) electrons. The molecule has 0 bridgehead atoms. The van der Waals surface area contributed by atoms with Crippen molar-refractivity contribution >= 4 is 5.96 Å². The van der Waals surface area contributed by atoms with E-state index in [-0.39, 0.29) is 11.0 Å². The zero-order valence-electron chi connectivity index (χ0n) is 12.9. The summed E-state index contributed by atoms with van der Waals surface area (Å²) in [7, 11) is 1.80. The Hall–Kier alpha value is -0.770. The number of guanidine groups is 1. The van der Waals surface area contributed by atoms with E-state index in [0.29, 0.717) is 12.1 Å². The summed E-state index contributed by atoms with van der Waals surface area (Å²) in [5.74, 6) is 0.906. The molecule has 0 saturated heterocycles. The molecule has 1 fully saturated rings. The Labute approximate surface area is 112 Å². The number of ether oxygens (including phenoxy) is 1. The number of rotatable bonds is 4. The summed E-state index contributed by atoms with van der Waals surface area (Å²) in [5, 5.41) is 6.89. The van der Waals surface area contributed by atoms with Gasteiger partial charge in [-0.25, -0.2) is 0 Å². The van der Waals surface area contributed by atoms with Gasteiger partial charge in [0.05, 0.1) is 5.60 Å². The summed E-state index contributed by atoms with van der Waals surface area (Å²) < 4.78 is 5.64. The van der Waals surface area contributed by atoms with Crippen molar-refractivity contribution in [3.05, 3.63) is 0 Å². The molecule has 0 aromatic carbocycles. The van der Waals surface area contributed by atoms with Gasteiger partial charge in [-0.15, -0.1) is 0 Å². The number of nitrogens with zero attached hydrogens (tertiary/aromatic N) is 1. The highest BCUT2D eigenvalue weighted by Gasteiger charge is 2.58. The van der Waals surface area contributed by atoms with Crippen LogP contribution < -0.4 is 10.6 Å². The van der Waals surface area contributed by atoms with Crippen LogP contribution in [0.1, 0.15) is 48.0 Å². The van der Waals surface area contributed by atoms with E-state index in [1.165, 1.54) is 0 Å². The Morgan fingerprint density at radius 2 is 2.00 bits per heavy atom. The molecule has 0 aromatic heterocycles. The van der Waals surface area contributed by atoms with Crippen molar-refractivity contribution in [1.82, 2.24) is 10.6 Å². The third-order valence-corrected chi connectivity index (χ3v) is 4.33. The largest absolute Gasteiger partial charge is 0.378 e. The molecule has 0 heterocycles. The van der Waals surface area contributed by atoms with Crippen molar-refractivity contribution in [3.8, 4) is 0 Å². The smallest absolute Gasteiger partial charge is 0.191 e. The molecule has 0 aromatic rings. The van der Waals surface area contributed by atoms with E-state index in [1.54, 1.807) is 7.11 Å². The average Bonchev–Trinajstić information content (AvgIpc) is 2.27. The highest BCUT2D eigenvalue weighted by molar-refractivity contribution is 5.80. The molecule has 0 spiro atoms. The lowest BCUT2D eigenvalue weighted by Crippen LogP contribution is -2.69. The van der Waals surface area contributed by atoms with Gasteiger partial charge in [-0.05, 0) is 34.1 Å². The van der Waals surface area contributed by atoms with Gasteiger partial charge in [0.25, 0.3) is 0 Å².